The molecule has 2 amide bonds. The molecule has 0 unspecified atom stereocenters. The van der Waals surface area contributed by atoms with Crippen molar-refractivity contribution in [2.75, 3.05) is 0 Å². The molecule has 0 aromatic rings. The Balaban J connectivity index is 1.13. The molecule has 8 aliphatic rings. The van der Waals surface area contributed by atoms with E-state index < -0.39 is 0 Å². The molecule has 7 heteroatoms. The fourth-order valence-corrected chi connectivity index (χ4v) is 11.8. The van der Waals surface area contributed by atoms with Crippen LogP contribution in [0.4, 0.5) is 4.79 Å². The maximum atomic E-state index is 13.2. The molecule has 8 aliphatic carbocycles. The highest BCUT2D eigenvalue weighted by molar-refractivity contribution is 8.00. The maximum Gasteiger partial charge on any atom is 0.344 e. The summed E-state index contributed by atoms with van der Waals surface area (Å²) in [5, 5.41) is 8.10. The van der Waals surface area contributed by atoms with Gasteiger partial charge in [0.2, 0.25) is 5.96 Å². The summed E-state index contributed by atoms with van der Waals surface area (Å²) < 4.78 is 5.01. The number of urea groups is 1. The van der Waals surface area contributed by atoms with Crippen molar-refractivity contribution >= 4 is 35.9 Å². The van der Waals surface area contributed by atoms with Crippen LogP contribution in [0.1, 0.15) is 77.0 Å². The molecule has 0 aliphatic heterocycles. The minimum absolute atomic E-state index is 0.116. The summed E-state index contributed by atoms with van der Waals surface area (Å²) in [5.74, 6) is 4.98. The lowest BCUT2D eigenvalue weighted by molar-refractivity contribution is 0.0374. The van der Waals surface area contributed by atoms with Gasteiger partial charge in [0, 0.05) is 9.49 Å². The first-order chi connectivity index (χ1) is 13.9. The van der Waals surface area contributed by atoms with E-state index in [1.807, 2.05) is 0 Å². The van der Waals surface area contributed by atoms with Crippen LogP contribution in [0.5, 0.6) is 0 Å². The lowest BCUT2D eigenvalue weighted by atomic mass is 9.56. The molecule has 0 aromatic carbocycles. The summed E-state index contributed by atoms with van der Waals surface area (Å²) in [4.78, 5) is 13.2. The van der Waals surface area contributed by atoms with E-state index in [9.17, 15) is 4.79 Å². The molecule has 0 heterocycles. The van der Waals surface area contributed by atoms with Crippen LogP contribution in [0, 0.1) is 40.9 Å². The van der Waals surface area contributed by atoms with E-state index in [0.717, 1.165) is 35.5 Å². The molecule has 8 saturated carbocycles. The zero-order chi connectivity index (χ0) is 19.8. The van der Waals surface area contributed by atoms with Gasteiger partial charge in [-0.25, -0.2) is 9.10 Å². The number of carbonyl (C=O) groups is 1. The zero-order valence-electron chi connectivity index (χ0n) is 17.2. The minimum Gasteiger partial charge on any atom is -0.369 e. The summed E-state index contributed by atoms with van der Waals surface area (Å²) in [7, 11) is 0. The fraction of sp³-hybridized carbons (Fsp3) is 0.909. The van der Waals surface area contributed by atoms with Crippen molar-refractivity contribution in [1.82, 2.24) is 9.03 Å². The van der Waals surface area contributed by atoms with Crippen molar-refractivity contribution in [2.24, 2.45) is 41.2 Å². The molecule has 0 saturated heterocycles. The number of guanidine groups is 1. The van der Waals surface area contributed by atoms with E-state index in [1.165, 1.54) is 81.4 Å². The predicted octanol–water partition coefficient (Wildman–Crippen LogP) is 5.13. The van der Waals surface area contributed by atoms with Crippen LogP contribution < -0.4 is 10.5 Å². The second kappa shape index (κ2) is 6.72. The van der Waals surface area contributed by atoms with E-state index in [1.54, 1.807) is 23.9 Å². The molecule has 4 N–H and O–H groups in total. The van der Waals surface area contributed by atoms with Gasteiger partial charge in [-0.2, -0.15) is 0 Å². The van der Waals surface area contributed by atoms with Crippen LogP contribution in [0.25, 0.3) is 0 Å². The van der Waals surface area contributed by atoms with Gasteiger partial charge in [0.1, 0.15) is 0 Å². The monoisotopic (exact) mass is 434 g/mol. The Morgan fingerprint density at radius 3 is 1.55 bits per heavy atom. The van der Waals surface area contributed by atoms with Gasteiger partial charge in [-0.15, -0.1) is 0 Å². The molecule has 0 spiro atoms. The fourth-order valence-electron chi connectivity index (χ4n) is 8.89. The SMILES string of the molecule is N=C(N)N(SC12CC3CC(CC(C3)C1)C2)C(=O)NSC12CC3CC(CC(C3)C1)C2. The lowest BCUT2D eigenvalue weighted by Crippen LogP contribution is -2.53. The first-order valence-electron chi connectivity index (χ1n) is 11.7. The lowest BCUT2D eigenvalue weighted by Gasteiger charge is -2.57. The quantitative estimate of drug-likeness (QED) is 0.326. The summed E-state index contributed by atoms with van der Waals surface area (Å²) in [6.45, 7) is 0. The van der Waals surface area contributed by atoms with Gasteiger partial charge in [-0.05, 0) is 136 Å². The Bertz CT molecular complexity index is 655. The number of carbonyl (C=O) groups excluding carboxylic acids is 1. The Kier molecular flexibility index (Phi) is 4.44. The molecule has 8 bridgehead atoms. The summed E-state index contributed by atoms with van der Waals surface area (Å²) in [6.07, 6.45) is 15.7. The van der Waals surface area contributed by atoms with Crippen LogP contribution in [0.3, 0.4) is 0 Å². The molecule has 0 radical (unpaired) electrons. The number of nitrogens with one attached hydrogen (secondary N) is 2. The highest BCUT2D eigenvalue weighted by Crippen LogP contribution is 2.62. The number of hydrogen-bond donors (Lipinski definition) is 3. The number of hydrogen-bond acceptors (Lipinski definition) is 4. The van der Waals surface area contributed by atoms with E-state index in [2.05, 4.69) is 4.72 Å². The van der Waals surface area contributed by atoms with Crippen LogP contribution >= 0.6 is 23.9 Å². The smallest absolute Gasteiger partial charge is 0.344 e. The summed E-state index contributed by atoms with van der Waals surface area (Å²) in [6, 6.07) is -0.181. The Hall–Kier alpha value is -0.560. The molecule has 160 valence electrons. The highest BCUT2D eigenvalue weighted by Gasteiger charge is 2.54. The third-order valence-electron chi connectivity index (χ3n) is 9.01. The number of nitrogens with zero attached hydrogens (tertiary/aromatic N) is 1. The van der Waals surface area contributed by atoms with Crippen LogP contribution in [0.2, 0.25) is 0 Å². The van der Waals surface area contributed by atoms with Crippen LogP contribution in [-0.4, -0.2) is 25.8 Å². The molecular formula is C22H34N4OS2. The highest BCUT2D eigenvalue weighted by atomic mass is 32.2. The van der Waals surface area contributed by atoms with E-state index in [-0.39, 0.29) is 21.5 Å². The first-order valence-corrected chi connectivity index (χ1v) is 13.3. The molecule has 8 fully saturated rings. The zero-order valence-corrected chi connectivity index (χ0v) is 18.8. The van der Waals surface area contributed by atoms with Crippen molar-refractivity contribution in [2.45, 2.75) is 86.5 Å². The molecule has 0 atom stereocenters. The third-order valence-corrected chi connectivity index (χ3v) is 11.6. The Morgan fingerprint density at radius 2 is 1.17 bits per heavy atom. The molecule has 0 aromatic heterocycles. The van der Waals surface area contributed by atoms with E-state index in [0.29, 0.717) is 0 Å². The van der Waals surface area contributed by atoms with Crippen LogP contribution in [-0.2, 0) is 0 Å². The maximum absolute atomic E-state index is 13.2. The van der Waals surface area contributed by atoms with Gasteiger partial charge in [-0.3, -0.25) is 10.1 Å². The summed E-state index contributed by atoms with van der Waals surface area (Å²) in [5.41, 5.74) is 5.92. The predicted molar refractivity (Wildman–Crippen MR) is 119 cm³/mol. The van der Waals surface area contributed by atoms with Crippen molar-refractivity contribution in [1.29, 1.82) is 5.41 Å². The summed E-state index contributed by atoms with van der Waals surface area (Å²) >= 11 is 3.27. The average molecular weight is 435 g/mol. The largest absolute Gasteiger partial charge is 0.369 e. The first kappa shape index (κ1) is 19.1. The van der Waals surface area contributed by atoms with E-state index in [4.69, 9.17) is 11.1 Å². The number of nitrogens with two attached hydrogens (primary N) is 1. The molecule has 8 rings (SSSR count). The Labute approximate surface area is 182 Å². The van der Waals surface area contributed by atoms with Crippen molar-refractivity contribution in [3.8, 4) is 0 Å². The van der Waals surface area contributed by atoms with Gasteiger partial charge in [0.05, 0.1) is 0 Å². The normalized spacial score (nSPS) is 48.7. The average Bonchev–Trinajstić information content (AvgIpc) is 2.62. The number of amides is 2. The van der Waals surface area contributed by atoms with Crippen molar-refractivity contribution < 1.29 is 4.79 Å². The van der Waals surface area contributed by atoms with Gasteiger partial charge in [-0.1, -0.05) is 0 Å². The molecular weight excluding hydrogens is 400 g/mol. The van der Waals surface area contributed by atoms with Gasteiger partial charge in [0.15, 0.2) is 0 Å². The Morgan fingerprint density at radius 1 is 0.793 bits per heavy atom. The van der Waals surface area contributed by atoms with Crippen molar-refractivity contribution in [3.63, 3.8) is 0 Å². The van der Waals surface area contributed by atoms with Crippen LogP contribution in [0.15, 0.2) is 0 Å². The standard InChI is InChI=1S/C22H34N4OS2/c23-19(24)26(29-22-10-16-4-17(11-22)6-18(5-16)12-22)20(27)25-28-21-7-13-1-14(8-21)3-15(2-13)9-21/h13-18H,1-12H2,(H3,23,24)(H,25,27). The van der Waals surface area contributed by atoms with Gasteiger partial charge >= 0.3 is 6.03 Å². The van der Waals surface area contributed by atoms with Gasteiger partial charge in [0.25, 0.3) is 0 Å². The minimum atomic E-state index is -0.181. The number of rotatable bonds is 4. The van der Waals surface area contributed by atoms with Crippen molar-refractivity contribution in [3.05, 3.63) is 0 Å². The molecule has 5 nitrogen and oxygen atoms in total. The second-order valence-electron chi connectivity index (χ2n) is 11.5. The third kappa shape index (κ3) is 3.38. The molecule has 29 heavy (non-hydrogen) atoms. The van der Waals surface area contributed by atoms with Gasteiger partial charge < -0.3 is 5.73 Å². The second-order valence-corrected chi connectivity index (χ2v) is 14.2. The topological polar surface area (TPSA) is 82.2 Å². The van der Waals surface area contributed by atoms with E-state index >= 15 is 0 Å².